The van der Waals surface area contributed by atoms with Crippen LogP contribution in [-0.4, -0.2) is 165 Å². The van der Waals surface area contributed by atoms with Gasteiger partial charge in [-0.2, -0.15) is 0 Å². The molecule has 0 spiro atoms. The molecule has 692 valence electrons. The van der Waals surface area contributed by atoms with Crippen LogP contribution in [-0.2, 0) is 67.1 Å². The Morgan fingerprint density at radius 2 is 0.480 bits per heavy atom. The average Bonchev–Trinajstić information content (AvgIpc) is 0.856. The number of aliphatic carboxylic acids is 7. The summed E-state index contributed by atoms with van der Waals surface area (Å²) in [6.07, 6.45) is 7.93. The van der Waals surface area contributed by atoms with E-state index in [0.29, 0.717) is 62.2 Å². The van der Waals surface area contributed by atoms with Gasteiger partial charge in [-0.3, -0.25) is 67.1 Å². The summed E-state index contributed by atoms with van der Waals surface area (Å²) in [4.78, 5) is 169. The molecular formula is C98H132ClN7O21. The van der Waals surface area contributed by atoms with Crippen molar-refractivity contribution in [2.75, 3.05) is 62.0 Å². The summed E-state index contributed by atoms with van der Waals surface area (Å²) in [5.74, 6) is -6.52. The number of carboxylic acids is 7. The maximum Gasteiger partial charge on any atom is 0.303 e. The molecule has 0 saturated heterocycles. The van der Waals surface area contributed by atoms with E-state index >= 15 is 0 Å². The Kier molecular flexibility index (Phi) is 56.8. The van der Waals surface area contributed by atoms with Crippen LogP contribution in [0.5, 0.6) is 0 Å². The minimum Gasteiger partial charge on any atom is -0.481 e. The zero-order valence-electron chi connectivity index (χ0n) is 75.7. The molecule has 0 radical (unpaired) electrons. The lowest BCUT2D eigenvalue weighted by Crippen LogP contribution is -2.37. The van der Waals surface area contributed by atoms with Gasteiger partial charge in [-0.1, -0.05) is 154 Å². The number of rotatable bonds is 43. The van der Waals surface area contributed by atoms with Gasteiger partial charge in [-0.05, 0) is 202 Å². The first-order valence-corrected chi connectivity index (χ1v) is 43.1. The van der Waals surface area contributed by atoms with Crippen LogP contribution in [0.15, 0.2) is 206 Å². The third-order valence-corrected chi connectivity index (χ3v) is 19.3. The van der Waals surface area contributed by atoms with Gasteiger partial charge in [0, 0.05) is 174 Å². The van der Waals surface area contributed by atoms with E-state index in [1.807, 2.05) is 230 Å². The van der Waals surface area contributed by atoms with Gasteiger partial charge in [0.25, 0.3) is 0 Å². The minimum absolute atomic E-state index is 0.00550. The summed E-state index contributed by atoms with van der Waals surface area (Å²) in [7, 11) is 5.06. The predicted octanol–water partition coefficient (Wildman–Crippen LogP) is 19.0. The van der Waals surface area contributed by atoms with Gasteiger partial charge in [0.15, 0.2) is 0 Å². The number of unbranched alkanes of at least 4 members (excludes halogenated alkanes) is 5. The topological polar surface area (TPSA) is 403 Å². The number of nitrogens with zero attached hydrogens (tertiary/aromatic N) is 7. The molecule has 7 amide bonds. The van der Waals surface area contributed by atoms with Crippen LogP contribution in [0, 0.1) is 17.8 Å². The Morgan fingerprint density at radius 3 is 0.780 bits per heavy atom. The highest BCUT2D eigenvalue weighted by Crippen LogP contribution is 2.26. The van der Waals surface area contributed by atoms with E-state index in [-0.39, 0.29) is 148 Å². The molecule has 28 nitrogen and oxygen atoms in total. The number of carbonyl (C=O) groups is 14. The van der Waals surface area contributed by atoms with Gasteiger partial charge in [0.2, 0.25) is 41.4 Å². The molecule has 3 atom stereocenters. The molecule has 127 heavy (non-hydrogen) atoms. The van der Waals surface area contributed by atoms with Crippen molar-refractivity contribution in [2.24, 2.45) is 17.8 Å². The fraction of sp³-hybridized carbons (Fsp3) is 0.429. The highest BCUT2D eigenvalue weighted by molar-refractivity contribution is 6.30. The monoisotopic (exact) mass is 1780 g/mol. The molecule has 7 rings (SSSR count). The molecule has 0 aliphatic carbocycles. The Morgan fingerprint density at radius 1 is 0.244 bits per heavy atom. The van der Waals surface area contributed by atoms with Crippen LogP contribution in [0.2, 0.25) is 5.02 Å². The molecule has 7 aromatic rings. The number of anilines is 7. The van der Waals surface area contributed by atoms with Crippen molar-refractivity contribution in [1.29, 1.82) is 0 Å². The molecule has 29 heteroatoms. The molecule has 3 unspecified atom stereocenters. The summed E-state index contributed by atoms with van der Waals surface area (Å²) in [5, 5.41) is 60.7. The standard InChI is InChI=1S/C16H23NO3.2C15H21NO3.2C14H19NO3.C13H17NO3.C11H12ClNO3/c1-13(2)17(14-9-5-3-6-10-14)15(18)11-7-4-8-12-16(19)20;1-11(2)16(13-7-5-4-6-8-13)14(17)9-12(3)10-15(18)19;1-12(2)16(13-8-4-3-5-9-13)14(17)10-6-7-11-15(18)19;1-15(12-8-4-2-5-9-12)13(16)10-6-3-7-11-14(17)18;1-3-15(12-7-5-4-6-8-12)13(16)9-11(2)10-14(17)18;1-10(9-13(16)17)8-12(15)14(2)11-6-4-3-5-7-11;1-13(10(14)6-7-11(15)16)9-4-2-8(12)3-5-9/h3,5-6,9-10,13H,4,7-8,11-12H2,1-2H3,(H,19,20);4-8,11-12H,9-10H2,1-3H3,(H,18,19);3-5,8-9,12H,6-7,10-11H2,1-2H3,(H,18,19);2,4-5,8-9H,3,6-7,10-11H2,1H3,(H,17,18);4-8,11H,3,9-10H2,1-2H3,(H,17,18);3-7,10H,8-9H2,1-2H3,(H,16,17);2-5H,6-7H2,1H3,(H,15,16). The molecule has 0 aliphatic heterocycles. The normalized spacial score (nSPS) is 11.0. The van der Waals surface area contributed by atoms with Gasteiger partial charge in [0.05, 0.1) is 6.42 Å². The second kappa shape index (κ2) is 64.2. The van der Waals surface area contributed by atoms with E-state index in [1.54, 1.807) is 95.6 Å². The van der Waals surface area contributed by atoms with Crippen LogP contribution in [0.4, 0.5) is 39.8 Å². The molecule has 0 bridgehead atoms. The molecule has 0 aliphatic rings. The zero-order chi connectivity index (χ0) is 95.5. The molecule has 0 aromatic heterocycles. The maximum absolute atomic E-state index is 12.3. The number of hydrogen-bond donors (Lipinski definition) is 7. The van der Waals surface area contributed by atoms with Gasteiger partial charge in [-0.15, -0.1) is 0 Å². The van der Waals surface area contributed by atoms with E-state index in [0.717, 1.165) is 59.8 Å². The number of carbonyl (C=O) groups excluding carboxylic acids is 7. The summed E-state index contributed by atoms with van der Waals surface area (Å²) < 4.78 is 0. The number of para-hydroxylation sites is 6. The highest BCUT2D eigenvalue weighted by Gasteiger charge is 2.25. The first kappa shape index (κ1) is 112. The molecular weight excluding hydrogens is 1650 g/mol. The minimum atomic E-state index is -0.974. The Hall–Kier alpha value is -12.6. The highest BCUT2D eigenvalue weighted by atomic mass is 35.5. The number of halogens is 1. The molecule has 0 heterocycles. The number of carboxylic acid groups (broad SMARTS) is 7. The fourth-order valence-electron chi connectivity index (χ4n) is 12.6. The summed E-state index contributed by atoms with van der Waals surface area (Å²) >= 11 is 5.72. The van der Waals surface area contributed by atoms with Gasteiger partial charge in [0.1, 0.15) is 0 Å². The van der Waals surface area contributed by atoms with E-state index in [4.69, 9.17) is 47.3 Å². The second-order valence-corrected chi connectivity index (χ2v) is 31.6. The van der Waals surface area contributed by atoms with Crippen molar-refractivity contribution in [3.05, 3.63) is 211 Å². The van der Waals surface area contributed by atoms with Crippen LogP contribution >= 0.6 is 11.6 Å². The van der Waals surface area contributed by atoms with Crippen molar-refractivity contribution < 1.29 is 103 Å². The number of hydrogen-bond acceptors (Lipinski definition) is 14. The lowest BCUT2D eigenvalue weighted by Gasteiger charge is -2.28. The second-order valence-electron chi connectivity index (χ2n) is 31.2. The van der Waals surface area contributed by atoms with Crippen LogP contribution in [0.1, 0.15) is 210 Å². The smallest absolute Gasteiger partial charge is 0.303 e. The molecule has 7 N–H and O–H groups in total. The van der Waals surface area contributed by atoms with Crippen molar-refractivity contribution >= 4 is 135 Å². The predicted molar refractivity (Wildman–Crippen MR) is 499 cm³/mol. The SMILES string of the molecule is CC(C)N(C(=O)CCCCC(=O)O)c1ccccc1.CC(C)N(C(=O)CCCCCC(=O)O)c1ccccc1.CC(CC(=O)O)CC(=O)N(C)c1ccccc1.CC(CC(=O)O)CC(=O)N(c1ccccc1)C(C)C.CCN(C(=O)CC(C)CC(=O)O)c1ccccc1.CN(C(=O)CCC(=O)O)c1ccc(Cl)cc1.CN(C(=O)CCCCCC(=O)O)c1ccccc1. The van der Waals surface area contributed by atoms with E-state index < -0.39 is 41.8 Å². The van der Waals surface area contributed by atoms with Gasteiger partial charge < -0.3 is 70.0 Å². The summed E-state index contributed by atoms with van der Waals surface area (Å²) in [6, 6.07) is 63.9. The lowest BCUT2D eigenvalue weighted by atomic mass is 10.0. The quantitative estimate of drug-likeness (QED) is 0.0175. The summed E-state index contributed by atoms with van der Waals surface area (Å²) in [6.45, 7) is 19.7. The fourth-order valence-corrected chi connectivity index (χ4v) is 12.7. The van der Waals surface area contributed by atoms with Crippen LogP contribution < -0.4 is 34.3 Å². The maximum atomic E-state index is 12.3. The average molecular weight is 1780 g/mol. The first-order chi connectivity index (χ1) is 60.1. The van der Waals surface area contributed by atoms with Crippen molar-refractivity contribution in [2.45, 2.75) is 229 Å². The largest absolute Gasteiger partial charge is 0.481 e. The van der Waals surface area contributed by atoms with Crippen molar-refractivity contribution in [3.8, 4) is 0 Å². The van der Waals surface area contributed by atoms with Crippen molar-refractivity contribution in [3.63, 3.8) is 0 Å². The summed E-state index contributed by atoms with van der Waals surface area (Å²) in [5.41, 5.74) is 5.91. The molecule has 7 aromatic carbocycles. The molecule has 0 fully saturated rings. The first-order valence-electron chi connectivity index (χ1n) is 42.8. The zero-order valence-corrected chi connectivity index (χ0v) is 76.5. The third kappa shape index (κ3) is 50.2. The van der Waals surface area contributed by atoms with Gasteiger partial charge in [-0.25, -0.2) is 0 Å². The van der Waals surface area contributed by atoms with E-state index in [2.05, 4.69) is 0 Å². The molecule has 0 saturated carbocycles. The lowest BCUT2D eigenvalue weighted by molar-refractivity contribution is -0.139. The Balaban J connectivity index is 0.000000742. The Labute approximate surface area is 753 Å². The Bertz CT molecular complexity index is 4420. The van der Waals surface area contributed by atoms with E-state index in [9.17, 15) is 67.1 Å². The van der Waals surface area contributed by atoms with Crippen LogP contribution in [0.25, 0.3) is 0 Å². The van der Waals surface area contributed by atoms with Gasteiger partial charge >= 0.3 is 41.8 Å². The van der Waals surface area contributed by atoms with E-state index in [1.165, 1.54) is 4.90 Å². The number of amides is 7. The van der Waals surface area contributed by atoms with Crippen molar-refractivity contribution in [1.82, 2.24) is 0 Å². The number of benzene rings is 7. The third-order valence-electron chi connectivity index (χ3n) is 19.1. The van der Waals surface area contributed by atoms with Crippen LogP contribution in [0.3, 0.4) is 0 Å².